The van der Waals surface area contributed by atoms with Gasteiger partial charge in [0.1, 0.15) is 0 Å². The highest BCUT2D eigenvalue weighted by molar-refractivity contribution is 6.13. The van der Waals surface area contributed by atoms with Crippen molar-refractivity contribution in [2.45, 2.75) is 258 Å². The van der Waals surface area contributed by atoms with E-state index in [2.05, 4.69) is 13.8 Å². The zero-order valence-corrected chi connectivity index (χ0v) is 38.4. The molecule has 0 spiro atoms. The van der Waals surface area contributed by atoms with Crippen molar-refractivity contribution in [3.8, 4) is 0 Å². The summed E-state index contributed by atoms with van der Waals surface area (Å²) in [6.07, 6.45) is 50.9. The molecule has 2 aromatic carbocycles. The maximum absolute atomic E-state index is 13.2. The third-order valence-electron chi connectivity index (χ3n) is 12.3. The molecule has 0 fully saturated rings. The first-order valence-electron chi connectivity index (χ1n) is 25.5. The summed E-state index contributed by atoms with van der Waals surface area (Å²) in [5, 5.41) is 1.50. The fourth-order valence-electron chi connectivity index (χ4n) is 8.53. The zero-order valence-electron chi connectivity index (χ0n) is 38.4. The van der Waals surface area contributed by atoms with Gasteiger partial charge in [0, 0.05) is 5.39 Å². The SMILES string of the molecule is CCCCCCCCCCCCCCCCCCCCCCOC(=O)c1cccc2cccc(C(=O)OCCCCCCCCCCCCCCCCCCCC)c12. The molecule has 4 heteroatoms. The zero-order chi connectivity index (χ0) is 41.4. The summed E-state index contributed by atoms with van der Waals surface area (Å²) in [6.45, 7) is 5.41. The van der Waals surface area contributed by atoms with Gasteiger partial charge in [0.25, 0.3) is 0 Å². The van der Waals surface area contributed by atoms with Crippen molar-refractivity contribution in [3.05, 3.63) is 47.5 Å². The second kappa shape index (κ2) is 38.8. The first-order valence-corrected chi connectivity index (χ1v) is 25.5. The Kier molecular flexibility index (Phi) is 34.7. The van der Waals surface area contributed by atoms with E-state index in [1.807, 2.05) is 24.3 Å². The van der Waals surface area contributed by atoms with E-state index in [9.17, 15) is 9.59 Å². The lowest BCUT2D eigenvalue weighted by molar-refractivity contribution is 0.0498. The summed E-state index contributed by atoms with van der Waals surface area (Å²) in [7, 11) is 0. The molecule has 0 atom stereocenters. The van der Waals surface area contributed by atoms with Crippen LogP contribution in [0.2, 0.25) is 0 Å². The van der Waals surface area contributed by atoms with Gasteiger partial charge in [-0.15, -0.1) is 0 Å². The van der Waals surface area contributed by atoms with Crippen molar-refractivity contribution in [3.63, 3.8) is 0 Å². The molecule has 0 aromatic heterocycles. The van der Waals surface area contributed by atoms with E-state index in [0.717, 1.165) is 31.1 Å². The average Bonchev–Trinajstić information content (AvgIpc) is 3.24. The van der Waals surface area contributed by atoms with E-state index in [1.165, 1.54) is 218 Å². The minimum Gasteiger partial charge on any atom is -0.462 e. The van der Waals surface area contributed by atoms with E-state index in [0.29, 0.717) is 29.7 Å². The summed E-state index contributed by atoms with van der Waals surface area (Å²) < 4.78 is 11.4. The average molecular weight is 805 g/mol. The number of hydrogen-bond donors (Lipinski definition) is 0. The monoisotopic (exact) mass is 805 g/mol. The number of carbonyl (C=O) groups is 2. The largest absolute Gasteiger partial charge is 0.462 e. The molecule has 0 aliphatic carbocycles. The first kappa shape index (κ1) is 51.8. The third-order valence-corrected chi connectivity index (χ3v) is 12.3. The summed E-state index contributed by atoms with van der Waals surface area (Å²) in [5.41, 5.74) is 0.901. The number of esters is 2. The van der Waals surface area contributed by atoms with Gasteiger partial charge < -0.3 is 9.47 Å². The molecular formula is C54H92O4. The van der Waals surface area contributed by atoms with Crippen molar-refractivity contribution >= 4 is 22.7 Å². The number of carbonyl (C=O) groups excluding carboxylic acids is 2. The van der Waals surface area contributed by atoms with Crippen molar-refractivity contribution in [1.82, 2.24) is 0 Å². The summed E-state index contributed by atoms with van der Waals surface area (Å²) >= 11 is 0. The molecule has 0 aliphatic rings. The molecule has 332 valence electrons. The van der Waals surface area contributed by atoms with Crippen molar-refractivity contribution < 1.29 is 19.1 Å². The second-order valence-electron chi connectivity index (χ2n) is 17.7. The fourth-order valence-corrected chi connectivity index (χ4v) is 8.53. The van der Waals surface area contributed by atoms with Gasteiger partial charge in [-0.05, 0) is 30.4 Å². The molecule has 0 aliphatic heterocycles. The van der Waals surface area contributed by atoms with Gasteiger partial charge in [0.05, 0.1) is 24.3 Å². The minimum absolute atomic E-state index is 0.354. The predicted octanol–water partition coefficient (Wildman–Crippen LogP) is 18.0. The second-order valence-corrected chi connectivity index (χ2v) is 17.7. The van der Waals surface area contributed by atoms with Gasteiger partial charge >= 0.3 is 11.9 Å². The Labute approximate surface area is 359 Å². The van der Waals surface area contributed by atoms with Gasteiger partial charge in [-0.1, -0.05) is 269 Å². The van der Waals surface area contributed by atoms with Crippen LogP contribution in [0.4, 0.5) is 0 Å². The lowest BCUT2D eigenvalue weighted by Crippen LogP contribution is -2.11. The topological polar surface area (TPSA) is 52.6 Å². The maximum atomic E-state index is 13.2. The molecule has 0 saturated heterocycles. The Hall–Kier alpha value is -2.36. The highest BCUT2D eigenvalue weighted by atomic mass is 16.5. The smallest absolute Gasteiger partial charge is 0.338 e. The maximum Gasteiger partial charge on any atom is 0.338 e. The molecule has 0 N–H and O–H groups in total. The predicted molar refractivity (Wildman–Crippen MR) is 251 cm³/mol. The Balaban J connectivity index is 1.47. The van der Waals surface area contributed by atoms with Crippen LogP contribution in [0.3, 0.4) is 0 Å². The normalized spacial score (nSPS) is 11.4. The van der Waals surface area contributed by atoms with Crippen LogP contribution in [0.1, 0.15) is 279 Å². The van der Waals surface area contributed by atoms with Gasteiger partial charge in [0.2, 0.25) is 0 Å². The summed E-state index contributed by atoms with van der Waals surface area (Å²) in [6, 6.07) is 11.2. The number of unbranched alkanes of at least 4 members (excludes halogenated alkanes) is 36. The Morgan fingerprint density at radius 3 is 0.793 bits per heavy atom. The molecule has 58 heavy (non-hydrogen) atoms. The molecule has 0 amide bonds. The molecule has 0 radical (unpaired) electrons. The van der Waals surface area contributed by atoms with Crippen LogP contribution >= 0.6 is 0 Å². The lowest BCUT2D eigenvalue weighted by Gasteiger charge is -2.12. The van der Waals surface area contributed by atoms with Crippen LogP contribution in [0.15, 0.2) is 36.4 Å². The van der Waals surface area contributed by atoms with Crippen LogP contribution < -0.4 is 0 Å². The number of fused-ring (bicyclic) bond motifs is 1. The van der Waals surface area contributed by atoms with E-state index in [1.54, 1.807) is 12.1 Å². The number of hydrogen-bond acceptors (Lipinski definition) is 4. The van der Waals surface area contributed by atoms with E-state index < -0.39 is 0 Å². The number of benzene rings is 2. The molecule has 2 rings (SSSR count). The van der Waals surface area contributed by atoms with E-state index >= 15 is 0 Å². The van der Waals surface area contributed by atoms with E-state index in [-0.39, 0.29) is 11.9 Å². The van der Waals surface area contributed by atoms with Crippen LogP contribution in [-0.4, -0.2) is 25.2 Å². The van der Waals surface area contributed by atoms with Gasteiger partial charge in [-0.25, -0.2) is 9.59 Å². The highest BCUT2D eigenvalue weighted by Gasteiger charge is 2.19. The fraction of sp³-hybridized carbons (Fsp3) is 0.778. The standard InChI is InChI=1S/C54H92O4/c1-3-5-7-9-11-13-15-17-19-21-23-24-26-28-30-32-34-36-38-40-48-58-54(56)51-46-42-44-49-43-41-45-50(52(49)51)53(55)57-47-39-37-35-33-31-29-27-25-22-20-18-16-14-12-10-8-6-4-2/h41-46H,3-40,47-48H2,1-2H3. The van der Waals surface area contributed by atoms with Gasteiger partial charge in [-0.2, -0.15) is 0 Å². The van der Waals surface area contributed by atoms with Crippen molar-refractivity contribution in [1.29, 1.82) is 0 Å². The van der Waals surface area contributed by atoms with E-state index in [4.69, 9.17) is 9.47 Å². The minimum atomic E-state index is -0.355. The third kappa shape index (κ3) is 27.4. The number of rotatable bonds is 42. The van der Waals surface area contributed by atoms with Crippen LogP contribution in [0.5, 0.6) is 0 Å². The van der Waals surface area contributed by atoms with Crippen LogP contribution in [-0.2, 0) is 9.47 Å². The molecular weight excluding hydrogens is 713 g/mol. The van der Waals surface area contributed by atoms with Crippen molar-refractivity contribution in [2.75, 3.05) is 13.2 Å². The quantitative estimate of drug-likeness (QED) is 0.0495. The summed E-state index contributed by atoms with van der Waals surface area (Å²) in [5.74, 6) is -0.709. The Morgan fingerprint density at radius 1 is 0.328 bits per heavy atom. The first-order chi connectivity index (χ1) is 28.7. The lowest BCUT2D eigenvalue weighted by atomic mass is 9.99. The van der Waals surface area contributed by atoms with Crippen LogP contribution in [0.25, 0.3) is 10.8 Å². The summed E-state index contributed by atoms with van der Waals surface area (Å²) in [4.78, 5) is 26.4. The van der Waals surface area contributed by atoms with Crippen LogP contribution in [0, 0.1) is 0 Å². The molecule has 0 bridgehead atoms. The highest BCUT2D eigenvalue weighted by Crippen LogP contribution is 2.25. The Bertz CT molecular complexity index is 1230. The Morgan fingerprint density at radius 2 is 0.552 bits per heavy atom. The molecule has 0 saturated carbocycles. The molecule has 2 aromatic rings. The van der Waals surface area contributed by atoms with Crippen molar-refractivity contribution in [2.24, 2.45) is 0 Å². The molecule has 0 heterocycles. The molecule has 4 nitrogen and oxygen atoms in total. The molecule has 0 unspecified atom stereocenters. The number of ether oxygens (including phenoxy) is 2. The van der Waals surface area contributed by atoms with Gasteiger partial charge in [-0.3, -0.25) is 0 Å². The van der Waals surface area contributed by atoms with Gasteiger partial charge in [0.15, 0.2) is 0 Å².